The summed E-state index contributed by atoms with van der Waals surface area (Å²) in [5, 5.41) is 0. The van der Waals surface area contributed by atoms with Crippen molar-refractivity contribution in [3.05, 3.63) is 12.2 Å². The number of hydrogen-bond acceptors (Lipinski definition) is 3. The third-order valence-corrected chi connectivity index (χ3v) is 6.21. The summed E-state index contributed by atoms with van der Waals surface area (Å²) < 4.78 is 11.6. The molecule has 0 saturated carbocycles. The van der Waals surface area contributed by atoms with E-state index in [0.717, 1.165) is 50.8 Å². The lowest BCUT2D eigenvalue weighted by atomic mass is 10.1. The maximum atomic E-state index is 11.7. The predicted octanol–water partition coefficient (Wildman–Crippen LogP) is 4.62. The Morgan fingerprint density at radius 3 is 2.33 bits per heavy atom. The molecule has 0 bridgehead atoms. The van der Waals surface area contributed by atoms with Crippen LogP contribution in [0.1, 0.15) is 66.2 Å². The van der Waals surface area contributed by atoms with Crippen LogP contribution < -0.4 is 0 Å². The number of unbranched alkanes of at least 4 members (excludes halogenated alkanes) is 2. The second-order valence-electron chi connectivity index (χ2n) is 5.78. The average Bonchev–Trinajstić information content (AvgIpc) is 2.47. The molecule has 0 aromatic heterocycles. The molecular weight excluding hydrogens is 280 g/mol. The van der Waals surface area contributed by atoms with Crippen molar-refractivity contribution in [3.8, 4) is 0 Å². The van der Waals surface area contributed by atoms with Crippen molar-refractivity contribution in [1.82, 2.24) is 0 Å². The van der Waals surface area contributed by atoms with Crippen LogP contribution in [0.15, 0.2) is 12.2 Å². The smallest absolute Gasteiger partial charge is 0.333 e. The molecular formula is C17H34O3Si. The molecule has 0 saturated heterocycles. The van der Waals surface area contributed by atoms with Crippen molar-refractivity contribution in [2.45, 2.75) is 84.4 Å². The Morgan fingerprint density at radius 2 is 1.81 bits per heavy atom. The summed E-state index contributed by atoms with van der Waals surface area (Å²) in [5.74, 6) is -0.252. The number of esters is 1. The van der Waals surface area contributed by atoms with E-state index >= 15 is 0 Å². The summed E-state index contributed by atoms with van der Waals surface area (Å²) in [5.41, 5.74) is 0.486. The Morgan fingerprint density at radius 1 is 1.14 bits per heavy atom. The van der Waals surface area contributed by atoms with Gasteiger partial charge >= 0.3 is 5.97 Å². The number of carbonyl (C=O) groups excluding carboxylic acids is 1. The van der Waals surface area contributed by atoms with Crippen molar-refractivity contribution in [2.24, 2.45) is 0 Å². The van der Waals surface area contributed by atoms with Gasteiger partial charge in [-0.3, -0.25) is 0 Å². The molecule has 0 aliphatic carbocycles. The molecule has 3 nitrogen and oxygen atoms in total. The third kappa shape index (κ3) is 10.7. The van der Waals surface area contributed by atoms with E-state index in [1.54, 1.807) is 6.92 Å². The summed E-state index contributed by atoms with van der Waals surface area (Å²) in [4.78, 5) is 11.7. The van der Waals surface area contributed by atoms with Gasteiger partial charge in [0.2, 0.25) is 0 Å². The standard InChI is InChI=1S/C17H34O3Si/c1-6-9-11-16(20-17(18)15(4)5)12-14-21(8-3)19-13-10-7-2/h16,21H,4,6-14H2,1-3,5H3. The Labute approximate surface area is 132 Å². The van der Waals surface area contributed by atoms with Crippen molar-refractivity contribution in [3.63, 3.8) is 0 Å². The largest absolute Gasteiger partial charge is 0.459 e. The van der Waals surface area contributed by atoms with Gasteiger partial charge in [-0.1, -0.05) is 46.6 Å². The normalized spacial score (nSPS) is 13.7. The second-order valence-corrected chi connectivity index (χ2v) is 8.75. The molecule has 2 unspecified atom stereocenters. The van der Waals surface area contributed by atoms with E-state index in [9.17, 15) is 4.79 Å². The minimum atomic E-state index is -1.12. The molecule has 0 N–H and O–H groups in total. The topological polar surface area (TPSA) is 35.5 Å². The van der Waals surface area contributed by atoms with Gasteiger partial charge in [-0.15, -0.1) is 0 Å². The minimum absolute atomic E-state index is 0.0328. The van der Waals surface area contributed by atoms with Crippen LogP contribution in [0.25, 0.3) is 0 Å². The van der Waals surface area contributed by atoms with Gasteiger partial charge in [0.25, 0.3) is 0 Å². The van der Waals surface area contributed by atoms with Crippen LogP contribution in [0.3, 0.4) is 0 Å². The van der Waals surface area contributed by atoms with E-state index in [1.807, 2.05) is 0 Å². The number of hydrogen-bond donors (Lipinski definition) is 0. The lowest BCUT2D eigenvalue weighted by Gasteiger charge is -2.20. The maximum absolute atomic E-state index is 11.7. The average molecular weight is 315 g/mol. The molecule has 0 rings (SSSR count). The van der Waals surface area contributed by atoms with Gasteiger partial charge in [0.1, 0.15) is 6.10 Å². The highest BCUT2D eigenvalue weighted by atomic mass is 28.3. The SMILES string of the molecule is C=C(C)C(=O)OC(CCCC)CC[SiH](CC)OCCCC. The van der Waals surface area contributed by atoms with Crippen LogP contribution in [0, 0.1) is 0 Å². The molecule has 0 aromatic rings. The highest BCUT2D eigenvalue weighted by molar-refractivity contribution is 6.51. The Hall–Kier alpha value is -0.613. The van der Waals surface area contributed by atoms with Gasteiger partial charge < -0.3 is 9.16 Å². The summed E-state index contributed by atoms with van der Waals surface area (Å²) in [7, 11) is -1.12. The molecule has 0 radical (unpaired) electrons. The summed E-state index contributed by atoms with van der Waals surface area (Å²) in [6.07, 6.45) is 6.48. The summed E-state index contributed by atoms with van der Waals surface area (Å²) in [6.45, 7) is 12.8. The molecule has 21 heavy (non-hydrogen) atoms. The van der Waals surface area contributed by atoms with Gasteiger partial charge in [-0.05, 0) is 38.3 Å². The molecule has 0 aliphatic rings. The number of ether oxygens (including phenoxy) is 1. The van der Waals surface area contributed by atoms with Crippen LogP contribution in [-0.2, 0) is 14.0 Å². The quantitative estimate of drug-likeness (QED) is 0.215. The number of rotatable bonds is 13. The summed E-state index contributed by atoms with van der Waals surface area (Å²) in [6, 6.07) is 2.25. The van der Waals surface area contributed by atoms with Gasteiger partial charge in [0, 0.05) is 12.2 Å². The van der Waals surface area contributed by atoms with Gasteiger partial charge in [0.05, 0.1) is 0 Å². The van der Waals surface area contributed by atoms with Crippen LogP contribution >= 0.6 is 0 Å². The molecule has 0 fully saturated rings. The zero-order chi connectivity index (χ0) is 16.1. The fraction of sp³-hybridized carbons (Fsp3) is 0.824. The first-order valence-electron chi connectivity index (χ1n) is 8.53. The fourth-order valence-electron chi connectivity index (χ4n) is 2.12. The van der Waals surface area contributed by atoms with E-state index in [2.05, 4.69) is 27.4 Å². The molecule has 0 aliphatic heterocycles. The first-order valence-corrected chi connectivity index (χ1v) is 10.6. The zero-order valence-corrected chi connectivity index (χ0v) is 15.6. The van der Waals surface area contributed by atoms with Crippen LogP contribution in [0.2, 0.25) is 12.1 Å². The van der Waals surface area contributed by atoms with E-state index in [0.29, 0.717) is 5.57 Å². The zero-order valence-electron chi connectivity index (χ0n) is 14.5. The first-order chi connectivity index (χ1) is 10.0. The van der Waals surface area contributed by atoms with Gasteiger partial charge in [-0.2, -0.15) is 0 Å². The lowest BCUT2D eigenvalue weighted by Crippen LogP contribution is -2.23. The Bertz CT molecular complexity index is 292. The molecule has 0 amide bonds. The van der Waals surface area contributed by atoms with Crippen LogP contribution in [0.5, 0.6) is 0 Å². The third-order valence-electron chi connectivity index (χ3n) is 3.62. The molecule has 0 spiro atoms. The van der Waals surface area contributed by atoms with Gasteiger partial charge in [-0.25, -0.2) is 4.79 Å². The van der Waals surface area contributed by atoms with Crippen LogP contribution in [0.4, 0.5) is 0 Å². The Kier molecular flexibility index (Phi) is 12.7. The molecule has 0 aromatic carbocycles. The fourth-order valence-corrected chi connectivity index (χ4v) is 4.17. The molecule has 124 valence electrons. The highest BCUT2D eigenvalue weighted by Gasteiger charge is 2.18. The Balaban J connectivity index is 4.23. The van der Waals surface area contributed by atoms with E-state index < -0.39 is 9.04 Å². The van der Waals surface area contributed by atoms with Gasteiger partial charge in [0.15, 0.2) is 9.04 Å². The first kappa shape index (κ1) is 20.4. The minimum Gasteiger partial charge on any atom is -0.459 e. The summed E-state index contributed by atoms with van der Waals surface area (Å²) >= 11 is 0. The highest BCUT2D eigenvalue weighted by Crippen LogP contribution is 2.16. The van der Waals surface area contributed by atoms with Crippen LogP contribution in [-0.4, -0.2) is 27.7 Å². The van der Waals surface area contributed by atoms with Crippen molar-refractivity contribution in [2.75, 3.05) is 6.61 Å². The number of carbonyl (C=O) groups is 1. The monoisotopic (exact) mass is 314 g/mol. The maximum Gasteiger partial charge on any atom is 0.333 e. The molecule has 2 atom stereocenters. The van der Waals surface area contributed by atoms with Crippen molar-refractivity contribution >= 4 is 15.0 Å². The van der Waals surface area contributed by atoms with E-state index in [-0.39, 0.29) is 12.1 Å². The van der Waals surface area contributed by atoms with Crippen molar-refractivity contribution < 1.29 is 14.0 Å². The second kappa shape index (κ2) is 13.1. The molecule has 4 heteroatoms. The van der Waals surface area contributed by atoms with E-state index in [4.69, 9.17) is 9.16 Å². The predicted molar refractivity (Wildman–Crippen MR) is 92.1 cm³/mol. The lowest BCUT2D eigenvalue weighted by molar-refractivity contribution is -0.144. The van der Waals surface area contributed by atoms with E-state index in [1.165, 1.54) is 6.42 Å². The van der Waals surface area contributed by atoms with Crippen molar-refractivity contribution in [1.29, 1.82) is 0 Å². The molecule has 0 heterocycles.